The zero-order valence-corrected chi connectivity index (χ0v) is 11.6. The van der Waals surface area contributed by atoms with E-state index >= 15 is 0 Å². The van der Waals surface area contributed by atoms with Crippen LogP contribution in [0.25, 0.3) is 0 Å². The third-order valence-corrected chi connectivity index (χ3v) is 2.92. The molecule has 0 unspecified atom stereocenters. The quantitative estimate of drug-likeness (QED) is 0.474. The van der Waals surface area contributed by atoms with Crippen LogP contribution in [0.2, 0.25) is 0 Å². The first kappa shape index (κ1) is 22.0. The molecule has 0 radical (unpaired) electrons. The molecular formula is C12H3F13O. The van der Waals surface area contributed by atoms with Crippen molar-refractivity contribution < 1.29 is 61.9 Å². The van der Waals surface area contributed by atoms with Gasteiger partial charge in [0.05, 0.1) is 5.56 Å². The number of halogens is 13. The summed E-state index contributed by atoms with van der Waals surface area (Å²) in [7, 11) is 0. The molecule has 0 amide bonds. The average molecular weight is 410 g/mol. The summed E-state index contributed by atoms with van der Waals surface area (Å²) in [4.78, 5) is 11.3. The van der Waals surface area contributed by atoms with Crippen molar-refractivity contribution in [2.45, 2.75) is 30.1 Å². The van der Waals surface area contributed by atoms with Crippen molar-refractivity contribution in [3.8, 4) is 0 Å². The molecule has 0 bridgehead atoms. The fourth-order valence-electron chi connectivity index (χ4n) is 1.58. The Morgan fingerprint density at radius 2 is 1.15 bits per heavy atom. The average Bonchev–Trinajstić information content (AvgIpc) is 2.43. The fourth-order valence-corrected chi connectivity index (χ4v) is 1.58. The number of ketones is 1. The van der Waals surface area contributed by atoms with Gasteiger partial charge >= 0.3 is 30.1 Å². The van der Waals surface area contributed by atoms with Crippen LogP contribution in [-0.4, -0.2) is 29.7 Å². The molecule has 0 heterocycles. The van der Waals surface area contributed by atoms with E-state index in [9.17, 15) is 61.9 Å². The Balaban J connectivity index is 3.51. The maximum atomic E-state index is 13.4. The maximum absolute atomic E-state index is 13.4. The van der Waals surface area contributed by atoms with Crippen LogP contribution in [0.4, 0.5) is 57.1 Å². The second-order valence-electron chi connectivity index (χ2n) is 4.78. The molecule has 1 nitrogen and oxygen atoms in total. The van der Waals surface area contributed by atoms with Crippen LogP contribution in [0.3, 0.4) is 0 Å². The Labute approximate surface area is 134 Å². The summed E-state index contributed by atoms with van der Waals surface area (Å²) in [6.45, 7) is 0. The predicted octanol–water partition coefficient (Wildman–Crippen LogP) is 5.50. The van der Waals surface area contributed by atoms with E-state index < -0.39 is 65.0 Å². The van der Waals surface area contributed by atoms with Crippen LogP contribution in [0.1, 0.15) is 15.9 Å². The third-order valence-electron chi connectivity index (χ3n) is 2.92. The number of rotatable bonds is 4. The van der Waals surface area contributed by atoms with Crippen LogP contribution in [0, 0.1) is 5.82 Å². The smallest absolute Gasteiger partial charge is 0.287 e. The van der Waals surface area contributed by atoms with Crippen LogP contribution in [-0.2, 0) is 6.18 Å². The number of carbonyl (C=O) groups is 1. The normalized spacial score (nSPS) is 14.5. The number of benzene rings is 1. The minimum absolute atomic E-state index is 0.350. The molecule has 0 saturated carbocycles. The van der Waals surface area contributed by atoms with Gasteiger partial charge in [0.25, 0.3) is 0 Å². The first-order chi connectivity index (χ1) is 11.3. The minimum Gasteiger partial charge on any atom is -0.287 e. The number of carbonyl (C=O) groups excluding carboxylic acids is 1. The topological polar surface area (TPSA) is 17.1 Å². The van der Waals surface area contributed by atoms with E-state index in [0.717, 1.165) is 0 Å². The van der Waals surface area contributed by atoms with Crippen molar-refractivity contribution in [2.75, 3.05) is 0 Å². The minimum atomic E-state index is -7.42. The Bertz CT molecular complexity index is 698. The van der Waals surface area contributed by atoms with E-state index in [4.69, 9.17) is 0 Å². The molecule has 0 saturated heterocycles. The SMILES string of the molecule is O=C(c1cc(F)cc(C(F)(F)F)c1)C(F)(F)C(F)(F)C(F)(F)C(F)(F)F. The van der Waals surface area contributed by atoms with E-state index in [2.05, 4.69) is 0 Å². The monoisotopic (exact) mass is 410 g/mol. The zero-order valence-electron chi connectivity index (χ0n) is 11.6. The van der Waals surface area contributed by atoms with Crippen molar-refractivity contribution in [3.05, 3.63) is 35.1 Å². The highest BCUT2D eigenvalue weighted by molar-refractivity contribution is 6.02. The molecule has 0 fully saturated rings. The molecule has 0 spiro atoms. The van der Waals surface area contributed by atoms with Gasteiger partial charge in [0.2, 0.25) is 5.78 Å². The predicted molar refractivity (Wildman–Crippen MR) is 56.6 cm³/mol. The second kappa shape index (κ2) is 6.01. The molecule has 0 aliphatic carbocycles. The molecule has 26 heavy (non-hydrogen) atoms. The van der Waals surface area contributed by atoms with Crippen LogP contribution in [0.15, 0.2) is 18.2 Å². The molecular weight excluding hydrogens is 407 g/mol. The van der Waals surface area contributed by atoms with Gasteiger partial charge in [-0.15, -0.1) is 0 Å². The van der Waals surface area contributed by atoms with E-state index in [1.54, 1.807) is 0 Å². The first-order valence-corrected chi connectivity index (χ1v) is 5.89. The number of alkyl halides is 12. The summed E-state index contributed by atoms with van der Waals surface area (Å²) >= 11 is 0. The van der Waals surface area contributed by atoms with Crippen molar-refractivity contribution in [1.29, 1.82) is 0 Å². The Morgan fingerprint density at radius 3 is 1.54 bits per heavy atom. The van der Waals surface area contributed by atoms with Gasteiger partial charge in [-0.25, -0.2) is 4.39 Å². The molecule has 1 aromatic carbocycles. The van der Waals surface area contributed by atoms with E-state index in [1.165, 1.54) is 0 Å². The van der Waals surface area contributed by atoms with Crippen molar-refractivity contribution >= 4 is 5.78 Å². The molecule has 0 aliphatic rings. The first-order valence-electron chi connectivity index (χ1n) is 5.89. The Morgan fingerprint density at radius 1 is 0.692 bits per heavy atom. The van der Waals surface area contributed by atoms with Gasteiger partial charge in [0, 0.05) is 5.56 Å². The Hall–Kier alpha value is -2.02. The lowest BCUT2D eigenvalue weighted by Gasteiger charge is -2.32. The molecule has 14 heteroatoms. The molecule has 148 valence electrons. The lowest BCUT2D eigenvalue weighted by Crippen LogP contribution is -2.63. The lowest BCUT2D eigenvalue weighted by atomic mass is 9.94. The van der Waals surface area contributed by atoms with E-state index in [0.29, 0.717) is 0 Å². The number of hydrogen-bond acceptors (Lipinski definition) is 1. The molecule has 1 aromatic rings. The summed E-state index contributed by atoms with van der Waals surface area (Å²) in [5.74, 6) is -27.2. The molecule has 0 aliphatic heterocycles. The van der Waals surface area contributed by atoms with Crippen LogP contribution < -0.4 is 0 Å². The van der Waals surface area contributed by atoms with E-state index in [-0.39, 0.29) is 6.07 Å². The standard InChI is InChI=1S/C12H3F13O/c13-6-2-4(1-5(3-6)9(16,17)18)7(26)8(14,15)10(19,20)11(21,22)12(23,24)25/h1-3H. The third kappa shape index (κ3) is 3.45. The van der Waals surface area contributed by atoms with E-state index in [1.807, 2.05) is 0 Å². The van der Waals surface area contributed by atoms with Crippen LogP contribution >= 0.6 is 0 Å². The van der Waals surface area contributed by atoms with Crippen molar-refractivity contribution in [2.24, 2.45) is 0 Å². The van der Waals surface area contributed by atoms with Crippen molar-refractivity contribution in [1.82, 2.24) is 0 Å². The maximum Gasteiger partial charge on any atom is 0.460 e. The van der Waals surface area contributed by atoms with Gasteiger partial charge in [-0.2, -0.15) is 52.7 Å². The van der Waals surface area contributed by atoms with Gasteiger partial charge in [-0.1, -0.05) is 0 Å². The Kier molecular flexibility index (Phi) is 5.09. The van der Waals surface area contributed by atoms with Gasteiger partial charge in [0.15, 0.2) is 0 Å². The highest BCUT2D eigenvalue weighted by atomic mass is 19.4. The molecule has 0 aromatic heterocycles. The zero-order chi connectivity index (χ0) is 20.9. The number of Topliss-reactive ketones (excluding diaryl/α,β-unsaturated/α-hetero) is 1. The molecule has 0 N–H and O–H groups in total. The van der Waals surface area contributed by atoms with Gasteiger partial charge in [-0.3, -0.25) is 4.79 Å². The number of hydrogen-bond donors (Lipinski definition) is 0. The van der Waals surface area contributed by atoms with Crippen molar-refractivity contribution in [3.63, 3.8) is 0 Å². The summed E-state index contributed by atoms with van der Waals surface area (Å²) in [5.41, 5.74) is -4.32. The van der Waals surface area contributed by atoms with Gasteiger partial charge < -0.3 is 0 Å². The second-order valence-corrected chi connectivity index (χ2v) is 4.78. The highest BCUT2D eigenvalue weighted by Crippen LogP contribution is 2.53. The highest BCUT2D eigenvalue weighted by Gasteiger charge is 2.83. The van der Waals surface area contributed by atoms with Gasteiger partial charge in [-0.05, 0) is 18.2 Å². The summed E-state index contributed by atoms with van der Waals surface area (Å²) in [6, 6.07) is -1.40. The summed E-state index contributed by atoms with van der Waals surface area (Å²) < 4.78 is 164. The molecule has 1 rings (SSSR count). The summed E-state index contributed by atoms with van der Waals surface area (Å²) in [5, 5.41) is 0. The van der Waals surface area contributed by atoms with Gasteiger partial charge in [0.1, 0.15) is 5.82 Å². The summed E-state index contributed by atoms with van der Waals surface area (Å²) in [6.07, 6.45) is -12.7. The largest absolute Gasteiger partial charge is 0.460 e. The molecule has 0 atom stereocenters. The fraction of sp³-hybridized carbons (Fsp3) is 0.417. The lowest BCUT2D eigenvalue weighted by molar-refractivity contribution is -0.386. The van der Waals surface area contributed by atoms with Crippen LogP contribution in [0.5, 0.6) is 0 Å².